The Labute approximate surface area is 205 Å². The van der Waals surface area contributed by atoms with Crippen molar-refractivity contribution in [3.05, 3.63) is 28.8 Å². The highest BCUT2D eigenvalue weighted by atomic mass is 35.5. The van der Waals surface area contributed by atoms with E-state index in [2.05, 4.69) is 21.1 Å². The lowest BCUT2D eigenvalue weighted by Gasteiger charge is -2.32. The first-order valence-electron chi connectivity index (χ1n) is 11.7. The van der Waals surface area contributed by atoms with Crippen LogP contribution >= 0.6 is 11.6 Å². The number of fused-ring (bicyclic) bond motifs is 2. The summed E-state index contributed by atoms with van der Waals surface area (Å²) in [6, 6.07) is 4.20. The van der Waals surface area contributed by atoms with Gasteiger partial charge in [0.1, 0.15) is 12.4 Å². The van der Waals surface area contributed by atoms with E-state index in [4.69, 9.17) is 16.3 Å². The molecule has 0 aromatic heterocycles. The van der Waals surface area contributed by atoms with Crippen LogP contribution in [0.5, 0.6) is 5.75 Å². The zero-order chi connectivity index (χ0) is 24.7. The van der Waals surface area contributed by atoms with Crippen molar-refractivity contribution in [2.45, 2.75) is 44.3 Å². The number of halogens is 4. The van der Waals surface area contributed by atoms with Gasteiger partial charge in [-0.15, -0.1) is 13.2 Å². The Morgan fingerprint density at radius 1 is 1.00 bits per heavy atom. The van der Waals surface area contributed by atoms with E-state index in [1.807, 2.05) is 4.90 Å². The number of carbonyl (C=O) groups is 2. The summed E-state index contributed by atoms with van der Waals surface area (Å²) in [6.07, 6.45) is -2.78. The molecule has 0 bridgehead atoms. The molecule has 1 aromatic rings. The predicted octanol–water partition coefficient (Wildman–Crippen LogP) is 2.42. The fourth-order valence-corrected chi connectivity index (χ4v) is 5.92. The van der Waals surface area contributed by atoms with Crippen LogP contribution in [0.25, 0.3) is 0 Å². The SMILES string of the molecule is O=C(OCc1cc(Cl)cc(OC(F)(F)F)c1)N1C[C@@H]2CN(C(=O)C3CCC4NNNC4C3)C[C@@H]2C1. The van der Waals surface area contributed by atoms with E-state index in [-0.39, 0.29) is 46.9 Å². The summed E-state index contributed by atoms with van der Waals surface area (Å²) < 4.78 is 46.7. The van der Waals surface area contributed by atoms with Gasteiger partial charge in [0.25, 0.3) is 0 Å². The summed E-state index contributed by atoms with van der Waals surface area (Å²) >= 11 is 5.87. The number of hydrogen-bond donors (Lipinski definition) is 3. The van der Waals surface area contributed by atoms with Crippen molar-refractivity contribution in [3.63, 3.8) is 0 Å². The summed E-state index contributed by atoms with van der Waals surface area (Å²) in [7, 11) is 0. The molecule has 4 fully saturated rings. The van der Waals surface area contributed by atoms with Crippen LogP contribution in [0.2, 0.25) is 5.02 Å². The highest BCUT2D eigenvalue weighted by Gasteiger charge is 2.46. The van der Waals surface area contributed by atoms with Crippen LogP contribution in [0.15, 0.2) is 18.2 Å². The smallest absolute Gasteiger partial charge is 0.445 e. The van der Waals surface area contributed by atoms with Crippen LogP contribution in [0.3, 0.4) is 0 Å². The van der Waals surface area contributed by atoms with Crippen LogP contribution in [-0.4, -0.2) is 66.4 Å². The van der Waals surface area contributed by atoms with Crippen molar-refractivity contribution in [3.8, 4) is 5.75 Å². The van der Waals surface area contributed by atoms with Crippen LogP contribution in [0.1, 0.15) is 24.8 Å². The van der Waals surface area contributed by atoms with Crippen molar-refractivity contribution in [2.75, 3.05) is 26.2 Å². The number of benzene rings is 1. The lowest BCUT2D eigenvalue weighted by atomic mass is 9.82. The van der Waals surface area contributed by atoms with Crippen molar-refractivity contribution in [1.29, 1.82) is 0 Å². The van der Waals surface area contributed by atoms with Gasteiger partial charge < -0.3 is 19.3 Å². The van der Waals surface area contributed by atoms with Crippen molar-refractivity contribution in [2.24, 2.45) is 17.8 Å². The molecule has 35 heavy (non-hydrogen) atoms. The van der Waals surface area contributed by atoms with Gasteiger partial charge in [0, 0.05) is 61.0 Å². The molecule has 3 heterocycles. The molecular weight excluding hydrogens is 491 g/mol. The summed E-state index contributed by atoms with van der Waals surface area (Å²) in [5.41, 5.74) is 9.59. The summed E-state index contributed by atoms with van der Waals surface area (Å²) in [5.74, 6) is 0.108. The lowest BCUT2D eigenvalue weighted by molar-refractivity contribution is -0.274. The Balaban J connectivity index is 1.10. The molecule has 3 saturated heterocycles. The third-order valence-corrected chi connectivity index (χ3v) is 7.52. The molecule has 1 saturated carbocycles. The topological polar surface area (TPSA) is 95.2 Å². The average Bonchev–Trinajstić information content (AvgIpc) is 3.49. The molecule has 3 unspecified atom stereocenters. The third-order valence-electron chi connectivity index (χ3n) is 7.30. The molecule has 0 radical (unpaired) electrons. The minimum Gasteiger partial charge on any atom is -0.445 e. The van der Waals surface area contributed by atoms with E-state index in [0.29, 0.717) is 32.2 Å². The van der Waals surface area contributed by atoms with Crippen LogP contribution < -0.4 is 21.1 Å². The van der Waals surface area contributed by atoms with Gasteiger partial charge in [-0.05, 0) is 43.0 Å². The van der Waals surface area contributed by atoms with Crippen molar-refractivity contribution >= 4 is 23.6 Å². The minimum absolute atomic E-state index is 0.00857. The normalized spacial score (nSPS) is 30.2. The first-order valence-corrected chi connectivity index (χ1v) is 12.0. The minimum atomic E-state index is -4.84. The highest BCUT2D eigenvalue weighted by Crippen LogP contribution is 2.35. The number of amides is 2. The summed E-state index contributed by atoms with van der Waals surface area (Å²) in [5, 5.41) is 0.0444. The Bertz CT molecular complexity index is 969. The second-order valence-corrected chi connectivity index (χ2v) is 10.1. The van der Waals surface area contributed by atoms with Crippen LogP contribution in [0, 0.1) is 17.8 Å². The number of hydrogen-bond acceptors (Lipinski definition) is 7. The number of likely N-dealkylation sites (tertiary alicyclic amines) is 2. The Morgan fingerprint density at radius 2 is 1.69 bits per heavy atom. The second kappa shape index (κ2) is 9.64. The Hall–Kier alpha value is -2.28. The average molecular weight is 518 g/mol. The van der Waals surface area contributed by atoms with Gasteiger partial charge in [0.2, 0.25) is 5.91 Å². The number of carbonyl (C=O) groups excluding carboxylic acids is 2. The van der Waals surface area contributed by atoms with Gasteiger partial charge in [-0.25, -0.2) is 15.6 Å². The number of alkyl halides is 3. The Morgan fingerprint density at radius 3 is 2.40 bits per heavy atom. The van der Waals surface area contributed by atoms with Gasteiger partial charge in [0.15, 0.2) is 0 Å². The summed E-state index contributed by atoms with van der Waals surface area (Å²) in [6.45, 7) is 1.97. The van der Waals surface area contributed by atoms with Gasteiger partial charge >= 0.3 is 12.5 Å². The summed E-state index contributed by atoms with van der Waals surface area (Å²) in [4.78, 5) is 29.2. The van der Waals surface area contributed by atoms with Crippen molar-refractivity contribution in [1.82, 2.24) is 26.2 Å². The van der Waals surface area contributed by atoms with Gasteiger partial charge in [-0.1, -0.05) is 11.6 Å². The van der Waals surface area contributed by atoms with Crippen LogP contribution in [0.4, 0.5) is 18.0 Å². The quantitative estimate of drug-likeness (QED) is 0.564. The standard InChI is InChI=1S/C22H27ClF3N5O4/c23-16-3-12(4-17(6-16)35-22(24,25)26)11-34-21(33)31-9-14-7-30(8-15(14)10-31)20(32)13-1-2-18-19(5-13)28-29-27-18/h3-4,6,13-15,18-19,27-29H,1-2,5,7-11H2/t13?,14-,15+,18?,19?. The number of rotatable bonds is 4. The monoisotopic (exact) mass is 517 g/mol. The molecule has 0 spiro atoms. The molecule has 5 rings (SSSR count). The zero-order valence-electron chi connectivity index (χ0n) is 18.8. The van der Waals surface area contributed by atoms with E-state index in [0.717, 1.165) is 31.4 Å². The van der Waals surface area contributed by atoms with E-state index in [1.54, 1.807) is 4.90 Å². The molecule has 9 nitrogen and oxygen atoms in total. The zero-order valence-corrected chi connectivity index (χ0v) is 19.6. The molecule has 13 heteroatoms. The van der Waals surface area contributed by atoms with E-state index in [9.17, 15) is 22.8 Å². The van der Waals surface area contributed by atoms with E-state index < -0.39 is 18.2 Å². The molecule has 1 aliphatic carbocycles. The second-order valence-electron chi connectivity index (χ2n) is 9.70. The third kappa shape index (κ3) is 5.60. The first kappa shape index (κ1) is 24.4. The molecule has 1 aromatic carbocycles. The van der Waals surface area contributed by atoms with Crippen molar-refractivity contribution < 1.29 is 32.2 Å². The number of nitrogens with one attached hydrogen (secondary N) is 3. The maximum absolute atomic E-state index is 13.1. The molecule has 2 amide bonds. The maximum Gasteiger partial charge on any atom is 0.573 e. The van der Waals surface area contributed by atoms with Crippen LogP contribution in [-0.2, 0) is 16.1 Å². The molecule has 192 valence electrons. The maximum atomic E-state index is 13.1. The molecule has 3 aliphatic heterocycles. The van der Waals surface area contributed by atoms with Gasteiger partial charge in [-0.3, -0.25) is 4.79 Å². The van der Waals surface area contributed by atoms with E-state index >= 15 is 0 Å². The highest BCUT2D eigenvalue weighted by molar-refractivity contribution is 6.30. The molecule has 5 atom stereocenters. The van der Waals surface area contributed by atoms with E-state index in [1.165, 1.54) is 6.07 Å². The number of nitrogens with zero attached hydrogens (tertiary/aromatic N) is 2. The number of hydrazine groups is 2. The fraction of sp³-hybridized carbons (Fsp3) is 0.636. The van der Waals surface area contributed by atoms with Gasteiger partial charge in [0.05, 0.1) is 0 Å². The Kier molecular flexibility index (Phi) is 6.73. The largest absolute Gasteiger partial charge is 0.573 e. The lowest BCUT2D eigenvalue weighted by Crippen LogP contribution is -2.45. The predicted molar refractivity (Wildman–Crippen MR) is 118 cm³/mol. The van der Waals surface area contributed by atoms with Gasteiger partial charge in [-0.2, -0.15) is 5.53 Å². The molecule has 3 N–H and O–H groups in total. The first-order chi connectivity index (χ1) is 16.6. The molecular formula is C22H27ClF3N5O4. The number of ether oxygens (including phenoxy) is 2. The molecule has 4 aliphatic rings. The fourth-order valence-electron chi connectivity index (χ4n) is 5.67.